The molecule has 3 heterocycles. The van der Waals surface area contributed by atoms with Crippen molar-refractivity contribution in [1.29, 1.82) is 0 Å². The Hall–Kier alpha value is -2.39. The van der Waals surface area contributed by atoms with Gasteiger partial charge >= 0.3 is 6.09 Å². The van der Waals surface area contributed by atoms with Gasteiger partial charge in [-0.2, -0.15) is 0 Å². The number of hydrogen-bond acceptors (Lipinski definition) is 7. The summed E-state index contributed by atoms with van der Waals surface area (Å²) in [6.45, 7) is 6.66. The van der Waals surface area contributed by atoms with Gasteiger partial charge in [0, 0.05) is 31.2 Å². The van der Waals surface area contributed by atoms with Gasteiger partial charge in [-0.1, -0.05) is 11.6 Å². The normalized spacial score (nSPS) is 17.2. The van der Waals surface area contributed by atoms with Crippen molar-refractivity contribution in [2.75, 3.05) is 26.2 Å². The Bertz CT molecular complexity index is 855. The molecule has 1 aliphatic rings. The van der Waals surface area contributed by atoms with E-state index in [0.717, 1.165) is 0 Å². The maximum atomic E-state index is 12.9. The molecule has 1 fully saturated rings. The minimum Gasteiger partial charge on any atom is -0.490 e. The van der Waals surface area contributed by atoms with Gasteiger partial charge in [0.1, 0.15) is 23.7 Å². The molecule has 0 bridgehead atoms. The van der Waals surface area contributed by atoms with Gasteiger partial charge in [-0.3, -0.25) is 9.78 Å². The Morgan fingerprint density at radius 3 is 2.76 bits per heavy atom. The summed E-state index contributed by atoms with van der Waals surface area (Å²) in [4.78, 5) is 36.8. The van der Waals surface area contributed by atoms with Crippen LogP contribution in [0.1, 0.15) is 31.3 Å². The van der Waals surface area contributed by atoms with Gasteiger partial charge in [-0.15, -0.1) is 11.3 Å². The van der Waals surface area contributed by atoms with E-state index in [2.05, 4.69) is 9.97 Å². The first kappa shape index (κ1) is 21.3. The molecule has 2 amide bonds. The highest BCUT2D eigenvalue weighted by atomic mass is 35.5. The first-order chi connectivity index (χ1) is 13.7. The van der Waals surface area contributed by atoms with Crippen LogP contribution in [0.25, 0.3) is 0 Å². The van der Waals surface area contributed by atoms with Gasteiger partial charge < -0.3 is 19.3 Å². The third-order valence-corrected chi connectivity index (χ3v) is 5.15. The second-order valence-electron chi connectivity index (χ2n) is 7.56. The fourth-order valence-electron chi connectivity index (χ4n) is 2.88. The number of carbonyl (C=O) groups excluding carboxylic acids is 2. The summed E-state index contributed by atoms with van der Waals surface area (Å²) < 4.78 is 11.6. The lowest BCUT2D eigenvalue weighted by atomic mass is 10.1. The molecule has 0 N–H and O–H groups in total. The Morgan fingerprint density at radius 1 is 1.34 bits per heavy atom. The average Bonchev–Trinajstić information content (AvgIpc) is 3.11. The van der Waals surface area contributed by atoms with Crippen LogP contribution in [0.3, 0.4) is 0 Å². The Labute approximate surface area is 178 Å². The summed E-state index contributed by atoms with van der Waals surface area (Å²) in [5.74, 6) is 0.350. The Morgan fingerprint density at radius 2 is 2.14 bits per heavy atom. The monoisotopic (exact) mass is 438 g/mol. The molecule has 29 heavy (non-hydrogen) atoms. The van der Waals surface area contributed by atoms with Gasteiger partial charge in [0.05, 0.1) is 12.2 Å². The van der Waals surface area contributed by atoms with Crippen molar-refractivity contribution in [3.8, 4) is 5.75 Å². The molecule has 10 heteroatoms. The van der Waals surface area contributed by atoms with E-state index in [1.165, 1.54) is 11.3 Å². The highest BCUT2D eigenvalue weighted by molar-refractivity contribution is 7.14. The van der Waals surface area contributed by atoms with Crippen LogP contribution >= 0.6 is 22.9 Å². The molecule has 0 radical (unpaired) electrons. The molecule has 156 valence electrons. The molecular weight excluding hydrogens is 416 g/mol. The predicted molar refractivity (Wildman–Crippen MR) is 109 cm³/mol. The number of ether oxygens (including phenoxy) is 2. The van der Waals surface area contributed by atoms with E-state index in [0.29, 0.717) is 29.9 Å². The topological polar surface area (TPSA) is 84.9 Å². The fourth-order valence-corrected chi connectivity index (χ4v) is 3.62. The van der Waals surface area contributed by atoms with Crippen LogP contribution in [0.15, 0.2) is 29.9 Å². The predicted octanol–water partition coefficient (Wildman–Crippen LogP) is 3.33. The second kappa shape index (κ2) is 8.96. The van der Waals surface area contributed by atoms with Crippen molar-refractivity contribution < 1.29 is 19.1 Å². The van der Waals surface area contributed by atoms with Crippen molar-refractivity contribution in [2.45, 2.75) is 32.4 Å². The van der Waals surface area contributed by atoms with Crippen LogP contribution in [0.2, 0.25) is 4.47 Å². The lowest BCUT2D eigenvalue weighted by Gasteiger charge is -2.41. The van der Waals surface area contributed by atoms with Gasteiger partial charge in [0.15, 0.2) is 4.47 Å². The number of nitrogens with zero attached hydrogens (tertiary/aromatic N) is 4. The summed E-state index contributed by atoms with van der Waals surface area (Å²) in [6.07, 6.45) is 2.84. The minimum atomic E-state index is -0.594. The van der Waals surface area contributed by atoms with Gasteiger partial charge in [0.25, 0.3) is 5.91 Å². The van der Waals surface area contributed by atoms with Crippen molar-refractivity contribution in [3.05, 3.63) is 40.1 Å². The molecule has 2 aromatic heterocycles. The standard InChI is InChI=1S/C19H23ClN4O4S/c1-19(2,3)28-18(26)23-7-8-24(16(25)15-12-29-17(20)22-15)13(10-23)11-27-14-5-4-6-21-9-14/h4-6,9,12-13H,7-8,10-11H2,1-3H3. The molecule has 0 spiro atoms. The number of piperazine rings is 1. The smallest absolute Gasteiger partial charge is 0.410 e. The highest BCUT2D eigenvalue weighted by Crippen LogP contribution is 2.21. The Kier molecular flexibility index (Phi) is 6.59. The van der Waals surface area contributed by atoms with E-state index in [9.17, 15) is 9.59 Å². The maximum Gasteiger partial charge on any atom is 0.410 e. The van der Waals surface area contributed by atoms with Crippen LogP contribution in [-0.4, -0.2) is 69.7 Å². The molecule has 8 nitrogen and oxygen atoms in total. The van der Waals surface area contributed by atoms with Crippen LogP contribution in [0.5, 0.6) is 5.75 Å². The number of hydrogen-bond donors (Lipinski definition) is 0. The molecule has 1 atom stereocenters. The van der Waals surface area contributed by atoms with Crippen LogP contribution < -0.4 is 4.74 Å². The van der Waals surface area contributed by atoms with Crippen molar-refractivity contribution in [1.82, 2.24) is 19.8 Å². The van der Waals surface area contributed by atoms with E-state index in [4.69, 9.17) is 21.1 Å². The van der Waals surface area contributed by atoms with Gasteiger partial charge in [-0.05, 0) is 32.9 Å². The summed E-state index contributed by atoms with van der Waals surface area (Å²) in [6, 6.07) is 3.18. The number of aromatic nitrogens is 2. The van der Waals surface area contributed by atoms with E-state index in [-0.39, 0.29) is 24.2 Å². The lowest BCUT2D eigenvalue weighted by Crippen LogP contribution is -2.59. The van der Waals surface area contributed by atoms with Crippen LogP contribution in [-0.2, 0) is 4.74 Å². The third-order valence-electron chi connectivity index (χ3n) is 4.17. The van der Waals surface area contributed by atoms with Crippen LogP contribution in [0, 0.1) is 0 Å². The minimum absolute atomic E-state index is 0.203. The molecule has 1 unspecified atom stereocenters. The number of carbonyl (C=O) groups is 2. The van der Waals surface area contributed by atoms with Crippen molar-refractivity contribution in [2.24, 2.45) is 0 Å². The zero-order chi connectivity index (χ0) is 21.0. The van der Waals surface area contributed by atoms with Gasteiger partial charge in [-0.25, -0.2) is 9.78 Å². The van der Waals surface area contributed by atoms with Gasteiger partial charge in [0.2, 0.25) is 0 Å². The number of pyridine rings is 1. The maximum absolute atomic E-state index is 12.9. The lowest BCUT2D eigenvalue weighted by molar-refractivity contribution is -0.00106. The van der Waals surface area contributed by atoms with Crippen molar-refractivity contribution in [3.63, 3.8) is 0 Å². The highest BCUT2D eigenvalue weighted by Gasteiger charge is 2.36. The summed E-state index contributed by atoms with van der Waals surface area (Å²) >= 11 is 7.09. The molecule has 0 aromatic carbocycles. The quantitative estimate of drug-likeness (QED) is 0.727. The number of rotatable bonds is 4. The Balaban J connectivity index is 1.74. The SMILES string of the molecule is CC(C)(C)OC(=O)N1CCN(C(=O)c2csc(Cl)n2)C(COc2cccnc2)C1. The first-order valence-electron chi connectivity index (χ1n) is 9.16. The average molecular weight is 439 g/mol. The zero-order valence-corrected chi connectivity index (χ0v) is 18.1. The molecule has 2 aromatic rings. The summed E-state index contributed by atoms with van der Waals surface area (Å²) in [5, 5.41) is 1.63. The molecule has 0 aliphatic carbocycles. The number of halogens is 1. The molecule has 1 aliphatic heterocycles. The molecule has 1 saturated heterocycles. The first-order valence-corrected chi connectivity index (χ1v) is 10.4. The number of thiazole rings is 1. The third kappa shape index (κ3) is 5.80. The summed E-state index contributed by atoms with van der Waals surface area (Å²) in [7, 11) is 0. The van der Waals surface area contributed by atoms with E-state index in [1.54, 1.807) is 39.7 Å². The molecular formula is C19H23ClN4O4S. The zero-order valence-electron chi connectivity index (χ0n) is 16.5. The molecule has 0 saturated carbocycles. The van der Waals surface area contributed by atoms with E-state index in [1.807, 2.05) is 20.8 Å². The van der Waals surface area contributed by atoms with E-state index < -0.39 is 11.7 Å². The summed E-state index contributed by atoms with van der Waals surface area (Å²) in [5.41, 5.74) is -0.305. The van der Waals surface area contributed by atoms with E-state index >= 15 is 0 Å². The number of amides is 2. The largest absolute Gasteiger partial charge is 0.490 e. The fraction of sp³-hybridized carbons (Fsp3) is 0.474. The second-order valence-corrected chi connectivity index (χ2v) is 9.00. The van der Waals surface area contributed by atoms with Crippen LogP contribution in [0.4, 0.5) is 4.79 Å². The van der Waals surface area contributed by atoms with Crippen molar-refractivity contribution >= 4 is 34.9 Å². The molecule has 3 rings (SSSR count).